The summed E-state index contributed by atoms with van der Waals surface area (Å²) in [7, 11) is 5.82. The molecule has 0 unspecified atom stereocenters. The van der Waals surface area contributed by atoms with E-state index in [1.165, 1.54) is 0 Å². The van der Waals surface area contributed by atoms with E-state index in [4.69, 9.17) is 0 Å². The second-order valence-electron chi connectivity index (χ2n) is 2.15. The van der Waals surface area contributed by atoms with Gasteiger partial charge in [0.2, 0.25) is 0 Å². The highest BCUT2D eigenvalue weighted by Crippen LogP contribution is 1.92. The van der Waals surface area contributed by atoms with Gasteiger partial charge in [-0.3, -0.25) is 9.89 Å². The lowest BCUT2D eigenvalue weighted by Gasteiger charge is -2.11. The van der Waals surface area contributed by atoms with Crippen LogP contribution in [-0.2, 0) is 0 Å². The minimum atomic E-state index is 0.841. The normalized spacial score (nSPS) is 12.3. The van der Waals surface area contributed by atoms with E-state index < -0.39 is 0 Å². The number of amidine groups is 1. The number of hydrogen-bond donors (Lipinski definition) is 1. The average Bonchev–Trinajstić information content (AvgIpc) is 1.90. The topological polar surface area (TPSA) is 27.6 Å². The molecule has 0 saturated carbocycles. The van der Waals surface area contributed by atoms with Gasteiger partial charge in [0, 0.05) is 7.05 Å². The van der Waals surface area contributed by atoms with Crippen LogP contribution in [-0.4, -0.2) is 44.1 Å². The van der Waals surface area contributed by atoms with Gasteiger partial charge in [0.05, 0.1) is 6.67 Å². The van der Waals surface area contributed by atoms with Crippen molar-refractivity contribution in [1.29, 1.82) is 0 Å². The standard InChI is InChI=1S/C6H15N3S/c1-7-6(10-4)8-5-9(2)3/h5H2,1-4H3,(H,7,8). The predicted molar refractivity (Wildman–Crippen MR) is 48.6 cm³/mol. The maximum atomic E-state index is 4.02. The zero-order valence-electron chi connectivity index (χ0n) is 7.01. The van der Waals surface area contributed by atoms with Crippen molar-refractivity contribution < 1.29 is 0 Å². The number of aliphatic imine (C=N–C) groups is 1. The molecule has 0 aromatic carbocycles. The number of hydrogen-bond acceptors (Lipinski definition) is 3. The predicted octanol–water partition coefficient (Wildman–Crippen LogP) is 0.444. The van der Waals surface area contributed by atoms with E-state index in [9.17, 15) is 0 Å². The Balaban J connectivity index is 3.46. The summed E-state index contributed by atoms with van der Waals surface area (Å²) < 4.78 is 0. The Morgan fingerprint density at radius 1 is 1.60 bits per heavy atom. The molecule has 60 valence electrons. The van der Waals surface area contributed by atoms with E-state index >= 15 is 0 Å². The summed E-state index contributed by atoms with van der Waals surface area (Å²) in [5.41, 5.74) is 0. The Morgan fingerprint density at radius 3 is 2.50 bits per heavy atom. The molecule has 0 radical (unpaired) electrons. The first-order valence-electron chi connectivity index (χ1n) is 3.10. The first kappa shape index (κ1) is 9.78. The largest absolute Gasteiger partial charge is 0.352 e. The Bertz CT molecular complexity index is 112. The minimum absolute atomic E-state index is 0.841. The van der Waals surface area contributed by atoms with Crippen LogP contribution in [0.25, 0.3) is 0 Å². The molecule has 0 heterocycles. The van der Waals surface area contributed by atoms with Crippen molar-refractivity contribution >= 4 is 16.9 Å². The molecule has 3 nitrogen and oxygen atoms in total. The fraction of sp³-hybridized carbons (Fsp3) is 0.833. The highest BCUT2D eigenvalue weighted by molar-refractivity contribution is 8.13. The van der Waals surface area contributed by atoms with Gasteiger partial charge in [0.15, 0.2) is 5.17 Å². The van der Waals surface area contributed by atoms with Crippen LogP contribution in [0.1, 0.15) is 0 Å². The zero-order chi connectivity index (χ0) is 7.98. The maximum absolute atomic E-state index is 4.02. The molecular weight excluding hydrogens is 146 g/mol. The molecule has 0 atom stereocenters. The molecule has 0 bridgehead atoms. The Labute approximate surface area is 66.9 Å². The van der Waals surface area contributed by atoms with Gasteiger partial charge in [-0.15, -0.1) is 0 Å². The molecule has 1 N–H and O–H groups in total. The zero-order valence-corrected chi connectivity index (χ0v) is 7.83. The van der Waals surface area contributed by atoms with Gasteiger partial charge < -0.3 is 5.32 Å². The number of nitrogens with zero attached hydrogens (tertiary/aromatic N) is 2. The Kier molecular flexibility index (Phi) is 5.43. The summed E-state index contributed by atoms with van der Waals surface area (Å²) in [4.78, 5) is 6.08. The van der Waals surface area contributed by atoms with E-state index in [2.05, 4.69) is 15.2 Å². The van der Waals surface area contributed by atoms with Crippen LogP contribution in [0.3, 0.4) is 0 Å². The second kappa shape index (κ2) is 5.56. The molecular formula is C6H15N3S. The molecule has 0 spiro atoms. The van der Waals surface area contributed by atoms with Crippen molar-refractivity contribution in [2.24, 2.45) is 4.99 Å². The van der Waals surface area contributed by atoms with Crippen LogP contribution in [0.2, 0.25) is 0 Å². The summed E-state index contributed by atoms with van der Waals surface area (Å²) in [6, 6.07) is 0. The molecule has 0 rings (SSSR count). The summed E-state index contributed by atoms with van der Waals surface area (Å²) in [6.45, 7) is 0.841. The Morgan fingerprint density at radius 2 is 2.20 bits per heavy atom. The first-order chi connectivity index (χ1) is 4.70. The lowest BCUT2D eigenvalue weighted by molar-refractivity contribution is 0.401. The van der Waals surface area contributed by atoms with Crippen molar-refractivity contribution in [3.63, 3.8) is 0 Å². The fourth-order valence-corrected chi connectivity index (χ4v) is 0.860. The summed E-state index contributed by atoms with van der Waals surface area (Å²) in [5.74, 6) is 0. The third-order valence-corrected chi connectivity index (χ3v) is 1.66. The van der Waals surface area contributed by atoms with Crippen LogP contribution in [0.15, 0.2) is 4.99 Å². The summed E-state index contributed by atoms with van der Waals surface area (Å²) >= 11 is 1.62. The van der Waals surface area contributed by atoms with Gasteiger partial charge in [-0.1, -0.05) is 11.8 Å². The molecule has 0 aliphatic heterocycles. The third-order valence-electron chi connectivity index (χ3n) is 0.943. The lowest BCUT2D eigenvalue weighted by Crippen LogP contribution is -2.31. The summed E-state index contributed by atoms with van der Waals surface area (Å²) in [6.07, 6.45) is 2.00. The van der Waals surface area contributed by atoms with Crippen LogP contribution in [0, 0.1) is 0 Å². The molecule has 10 heavy (non-hydrogen) atoms. The third kappa shape index (κ3) is 4.64. The van der Waals surface area contributed by atoms with Gasteiger partial charge in [-0.05, 0) is 20.4 Å². The first-order valence-corrected chi connectivity index (χ1v) is 4.32. The molecule has 0 aromatic rings. The van der Waals surface area contributed by atoms with Crippen LogP contribution in [0.5, 0.6) is 0 Å². The number of thioether (sulfide) groups is 1. The number of nitrogens with one attached hydrogen (secondary N) is 1. The van der Waals surface area contributed by atoms with Crippen molar-refractivity contribution in [2.75, 3.05) is 34.1 Å². The quantitative estimate of drug-likeness (QED) is 0.362. The molecule has 0 fully saturated rings. The maximum Gasteiger partial charge on any atom is 0.157 e. The Hall–Kier alpha value is -0.220. The van der Waals surface area contributed by atoms with Gasteiger partial charge in [0.1, 0.15) is 0 Å². The summed E-state index contributed by atoms with van der Waals surface area (Å²) in [5, 5.41) is 4.14. The van der Waals surface area contributed by atoms with Crippen molar-refractivity contribution in [3.05, 3.63) is 0 Å². The van der Waals surface area contributed by atoms with Crippen LogP contribution >= 0.6 is 11.8 Å². The SMILES string of the molecule is CN=C(NCN(C)C)SC. The van der Waals surface area contributed by atoms with E-state index in [1.54, 1.807) is 18.8 Å². The second-order valence-corrected chi connectivity index (χ2v) is 2.94. The molecule has 0 aromatic heterocycles. The average molecular weight is 161 g/mol. The molecule has 0 aliphatic rings. The lowest BCUT2D eigenvalue weighted by atomic mass is 10.8. The minimum Gasteiger partial charge on any atom is -0.352 e. The van der Waals surface area contributed by atoms with Crippen LogP contribution < -0.4 is 5.32 Å². The van der Waals surface area contributed by atoms with E-state index in [1.807, 2.05) is 20.4 Å². The van der Waals surface area contributed by atoms with E-state index in [-0.39, 0.29) is 0 Å². The van der Waals surface area contributed by atoms with Crippen molar-refractivity contribution in [2.45, 2.75) is 0 Å². The van der Waals surface area contributed by atoms with Crippen molar-refractivity contribution in [1.82, 2.24) is 10.2 Å². The van der Waals surface area contributed by atoms with Gasteiger partial charge in [-0.25, -0.2) is 0 Å². The molecule has 4 heteroatoms. The van der Waals surface area contributed by atoms with Gasteiger partial charge >= 0.3 is 0 Å². The van der Waals surface area contributed by atoms with E-state index in [0.29, 0.717) is 0 Å². The van der Waals surface area contributed by atoms with Gasteiger partial charge in [0.25, 0.3) is 0 Å². The van der Waals surface area contributed by atoms with Gasteiger partial charge in [-0.2, -0.15) is 0 Å². The molecule has 0 aliphatic carbocycles. The van der Waals surface area contributed by atoms with E-state index in [0.717, 1.165) is 11.8 Å². The fourth-order valence-electron chi connectivity index (χ4n) is 0.468. The van der Waals surface area contributed by atoms with Crippen molar-refractivity contribution in [3.8, 4) is 0 Å². The van der Waals surface area contributed by atoms with Crippen LogP contribution in [0.4, 0.5) is 0 Å². The molecule has 0 amide bonds. The monoisotopic (exact) mass is 161 g/mol. The highest BCUT2D eigenvalue weighted by Gasteiger charge is 1.92. The highest BCUT2D eigenvalue weighted by atomic mass is 32.2. The molecule has 0 saturated heterocycles. The smallest absolute Gasteiger partial charge is 0.157 e. The number of rotatable bonds is 2.